The van der Waals surface area contributed by atoms with Crippen molar-refractivity contribution in [2.45, 2.75) is 90.9 Å². The van der Waals surface area contributed by atoms with Crippen LogP contribution in [0.5, 0.6) is 0 Å². The minimum atomic E-state index is -0.916. The van der Waals surface area contributed by atoms with Gasteiger partial charge in [0.25, 0.3) is 0 Å². The lowest BCUT2D eigenvalue weighted by atomic mass is 9.67. The highest BCUT2D eigenvalue weighted by Gasteiger charge is 2.38. The molecule has 1 atom stereocenters. The number of aliphatic hydroxyl groups is 1. The zero-order valence-corrected chi connectivity index (χ0v) is 22.0. The van der Waals surface area contributed by atoms with E-state index in [0.717, 1.165) is 41.7 Å². The summed E-state index contributed by atoms with van der Waals surface area (Å²) in [6.45, 7) is 8.63. The molecule has 192 valence electrons. The van der Waals surface area contributed by atoms with Crippen molar-refractivity contribution in [3.8, 4) is 0 Å². The molecule has 1 heterocycles. The van der Waals surface area contributed by atoms with Gasteiger partial charge in [0.1, 0.15) is 11.5 Å². The Morgan fingerprint density at radius 1 is 1.26 bits per heavy atom. The second-order valence-corrected chi connectivity index (χ2v) is 11.7. The number of aliphatic hydroxyl groups excluding tert-OH is 1. The number of halogens is 1. The van der Waals surface area contributed by atoms with Crippen molar-refractivity contribution in [1.29, 1.82) is 0 Å². The van der Waals surface area contributed by atoms with Crippen LogP contribution in [0, 0.1) is 18.3 Å². The Morgan fingerprint density at radius 3 is 2.57 bits per heavy atom. The maximum atomic E-state index is 13.0. The number of nitrogens with zero attached hydrogens (tertiary/aromatic N) is 1. The second-order valence-electron chi connectivity index (χ2n) is 11.3. The summed E-state index contributed by atoms with van der Waals surface area (Å²) < 4.78 is 5.81. The number of carbonyl (C=O) groups is 2. The summed E-state index contributed by atoms with van der Waals surface area (Å²) in [6.07, 6.45) is 4.13. The molecular formula is C28H38ClNO5. The molecule has 0 aliphatic heterocycles. The number of rotatable bonds is 12. The van der Waals surface area contributed by atoms with Crippen molar-refractivity contribution in [2.75, 3.05) is 6.61 Å². The van der Waals surface area contributed by atoms with E-state index < -0.39 is 5.97 Å². The van der Waals surface area contributed by atoms with Gasteiger partial charge in [0.05, 0.1) is 5.69 Å². The Hall–Kier alpha value is -2.18. The normalized spacial score (nSPS) is 18.8. The molecule has 1 aliphatic rings. The van der Waals surface area contributed by atoms with Crippen LogP contribution in [0.3, 0.4) is 0 Å². The molecule has 0 amide bonds. The van der Waals surface area contributed by atoms with Gasteiger partial charge in [0, 0.05) is 54.7 Å². The molecule has 7 heteroatoms. The number of carbonyl (C=O) groups excluding carboxylic acids is 1. The van der Waals surface area contributed by atoms with Crippen molar-refractivity contribution in [2.24, 2.45) is 11.3 Å². The van der Waals surface area contributed by atoms with Crippen molar-refractivity contribution >= 4 is 23.4 Å². The molecule has 1 aromatic carbocycles. The zero-order chi connectivity index (χ0) is 25.8. The number of Topliss-reactive ketones (excluding diaryl/α,β-unsaturated/α-hetero) is 1. The highest BCUT2D eigenvalue weighted by Crippen LogP contribution is 2.48. The van der Waals surface area contributed by atoms with Crippen LogP contribution < -0.4 is 0 Å². The molecule has 0 saturated heterocycles. The van der Waals surface area contributed by atoms with Crippen molar-refractivity contribution in [3.63, 3.8) is 0 Å². The van der Waals surface area contributed by atoms with Gasteiger partial charge in [-0.3, -0.25) is 9.59 Å². The highest BCUT2D eigenvalue weighted by molar-refractivity contribution is 6.31. The first-order chi connectivity index (χ1) is 16.5. The van der Waals surface area contributed by atoms with Crippen molar-refractivity contribution < 1.29 is 24.3 Å². The number of ketones is 1. The first-order valence-corrected chi connectivity index (χ1v) is 12.9. The van der Waals surface area contributed by atoms with E-state index in [0.29, 0.717) is 23.1 Å². The summed E-state index contributed by atoms with van der Waals surface area (Å²) in [4.78, 5) is 24.3. The minimum Gasteiger partial charge on any atom is -0.481 e. The molecule has 6 nitrogen and oxygen atoms in total. The molecule has 0 bridgehead atoms. The predicted octanol–water partition coefficient (Wildman–Crippen LogP) is 6.25. The number of hydrogen-bond acceptors (Lipinski definition) is 5. The number of carboxylic acid groups (broad SMARTS) is 1. The van der Waals surface area contributed by atoms with E-state index in [1.807, 2.05) is 25.1 Å². The topological polar surface area (TPSA) is 101 Å². The zero-order valence-electron chi connectivity index (χ0n) is 21.3. The molecular weight excluding hydrogens is 466 g/mol. The van der Waals surface area contributed by atoms with Gasteiger partial charge >= 0.3 is 5.97 Å². The predicted molar refractivity (Wildman–Crippen MR) is 136 cm³/mol. The number of benzene rings is 1. The van der Waals surface area contributed by atoms with Crippen LogP contribution in [0.25, 0.3) is 0 Å². The average molecular weight is 504 g/mol. The molecule has 35 heavy (non-hydrogen) atoms. The molecule has 0 spiro atoms. The minimum absolute atomic E-state index is 0.0282. The Balaban J connectivity index is 1.78. The fourth-order valence-corrected chi connectivity index (χ4v) is 5.61. The molecule has 1 fully saturated rings. The molecule has 1 aliphatic carbocycles. The maximum Gasteiger partial charge on any atom is 0.303 e. The van der Waals surface area contributed by atoms with Gasteiger partial charge in [0.15, 0.2) is 0 Å². The lowest BCUT2D eigenvalue weighted by Gasteiger charge is -2.38. The van der Waals surface area contributed by atoms with Crippen LogP contribution in [0.4, 0.5) is 0 Å². The quantitative estimate of drug-likeness (QED) is 0.355. The third kappa shape index (κ3) is 7.65. The van der Waals surface area contributed by atoms with Gasteiger partial charge in [-0.25, -0.2) is 0 Å². The summed E-state index contributed by atoms with van der Waals surface area (Å²) in [5.74, 6) is 0.368. The van der Waals surface area contributed by atoms with Crippen LogP contribution >= 0.6 is 11.6 Å². The fraction of sp³-hybridized carbons (Fsp3) is 0.607. The first-order valence-electron chi connectivity index (χ1n) is 12.5. The largest absolute Gasteiger partial charge is 0.481 e. The monoisotopic (exact) mass is 503 g/mol. The highest BCUT2D eigenvalue weighted by atomic mass is 35.5. The standard InChI is InChI=1S/C28H38ClNO5/c1-17-5-6-19(24(29)11-17)14-22(32)15-20(7-8-25(33)34)26-23(9-10-31)27(35-30-26)21-12-18(13-21)16-28(2,3)4/h5-6,11,18,20-21,31H,7-10,12-16H2,1-4H3,(H,33,34)/t18?,20-,21?/m1/s1. The Morgan fingerprint density at radius 2 is 1.97 bits per heavy atom. The van der Waals surface area contributed by atoms with Gasteiger partial charge < -0.3 is 14.7 Å². The first kappa shape index (κ1) is 27.4. The average Bonchev–Trinajstić information content (AvgIpc) is 3.12. The van der Waals surface area contributed by atoms with E-state index >= 15 is 0 Å². The smallest absolute Gasteiger partial charge is 0.303 e. The molecule has 2 aromatic rings. The Labute approximate surface area is 213 Å². The van der Waals surface area contributed by atoms with Gasteiger partial charge in [-0.1, -0.05) is 49.7 Å². The van der Waals surface area contributed by atoms with Gasteiger partial charge in [-0.05, 0) is 61.1 Å². The summed E-state index contributed by atoms with van der Waals surface area (Å²) >= 11 is 6.32. The van der Waals surface area contributed by atoms with E-state index in [2.05, 4.69) is 25.9 Å². The van der Waals surface area contributed by atoms with E-state index in [1.54, 1.807) is 0 Å². The molecule has 0 unspecified atom stereocenters. The number of aromatic nitrogens is 1. The van der Waals surface area contributed by atoms with Crippen LogP contribution in [-0.2, 0) is 22.4 Å². The lowest BCUT2D eigenvalue weighted by Crippen LogP contribution is -2.26. The Bertz CT molecular complexity index is 1030. The molecule has 2 N–H and O–H groups in total. The molecule has 0 radical (unpaired) electrons. The van der Waals surface area contributed by atoms with Crippen LogP contribution in [0.15, 0.2) is 22.7 Å². The van der Waals surface area contributed by atoms with Crippen LogP contribution in [-0.4, -0.2) is 33.7 Å². The summed E-state index contributed by atoms with van der Waals surface area (Å²) in [6, 6.07) is 5.61. The SMILES string of the molecule is Cc1ccc(CC(=O)C[C@@H](CCC(=O)O)c2noc(C3CC(CC(C)(C)C)C3)c2CCO)c(Cl)c1. The van der Waals surface area contributed by atoms with E-state index in [4.69, 9.17) is 16.1 Å². The number of aliphatic carboxylic acids is 1. The summed E-state index contributed by atoms with van der Waals surface area (Å²) in [5.41, 5.74) is 3.53. The maximum absolute atomic E-state index is 13.0. The lowest BCUT2D eigenvalue weighted by molar-refractivity contribution is -0.137. The van der Waals surface area contributed by atoms with Crippen LogP contribution in [0.1, 0.15) is 99.3 Å². The molecule has 3 rings (SSSR count). The molecule has 1 saturated carbocycles. The van der Waals surface area contributed by atoms with Crippen molar-refractivity contribution in [1.82, 2.24) is 5.16 Å². The third-order valence-electron chi connectivity index (χ3n) is 6.88. The van der Waals surface area contributed by atoms with Crippen molar-refractivity contribution in [3.05, 3.63) is 51.4 Å². The fourth-order valence-electron chi connectivity index (χ4n) is 5.31. The van der Waals surface area contributed by atoms with Gasteiger partial charge in [-0.2, -0.15) is 0 Å². The third-order valence-corrected chi connectivity index (χ3v) is 7.23. The number of aryl methyl sites for hydroxylation is 1. The number of hydrogen-bond donors (Lipinski definition) is 2. The van der Waals surface area contributed by atoms with Gasteiger partial charge in [-0.15, -0.1) is 0 Å². The summed E-state index contributed by atoms with van der Waals surface area (Å²) in [5, 5.41) is 23.9. The van der Waals surface area contributed by atoms with Gasteiger partial charge in [0.2, 0.25) is 0 Å². The van der Waals surface area contributed by atoms with Crippen LogP contribution in [0.2, 0.25) is 5.02 Å². The second kappa shape index (κ2) is 11.7. The Kier molecular flexibility index (Phi) is 9.16. The van der Waals surface area contributed by atoms with E-state index in [-0.39, 0.29) is 55.3 Å². The molecule has 1 aromatic heterocycles. The summed E-state index contributed by atoms with van der Waals surface area (Å²) in [7, 11) is 0. The van der Waals surface area contributed by atoms with E-state index in [9.17, 15) is 19.8 Å². The number of carboxylic acids is 1. The van der Waals surface area contributed by atoms with E-state index in [1.165, 1.54) is 0 Å².